The maximum absolute atomic E-state index is 11.9. The van der Waals surface area contributed by atoms with Crippen LogP contribution in [0.2, 0.25) is 0 Å². The molecule has 38 heavy (non-hydrogen) atoms. The van der Waals surface area contributed by atoms with Crippen LogP contribution in [-0.4, -0.2) is 33.8 Å². The topological polar surface area (TPSA) is 77.9 Å². The van der Waals surface area contributed by atoms with Crippen LogP contribution in [-0.2, 0) is 27.5 Å². The van der Waals surface area contributed by atoms with Crippen molar-refractivity contribution < 1.29 is 19.1 Å². The van der Waals surface area contributed by atoms with E-state index in [-0.39, 0.29) is 24.6 Å². The summed E-state index contributed by atoms with van der Waals surface area (Å²) in [5, 5.41) is 3.85. The number of thiazole rings is 1. The van der Waals surface area contributed by atoms with Gasteiger partial charge in [0, 0.05) is 23.0 Å². The number of rotatable bonds is 10. The number of hydrogen-bond donors (Lipinski definition) is 0. The molecule has 1 unspecified atom stereocenters. The summed E-state index contributed by atoms with van der Waals surface area (Å²) in [6.07, 6.45) is 2.07. The maximum Gasteiger partial charge on any atom is 0.358 e. The Morgan fingerprint density at radius 3 is 2.05 bits per heavy atom. The molecule has 0 spiro atoms. The molecule has 0 fully saturated rings. The van der Waals surface area contributed by atoms with Crippen molar-refractivity contribution in [1.82, 2.24) is 4.98 Å². The van der Waals surface area contributed by atoms with Gasteiger partial charge in [-0.3, -0.25) is 4.99 Å². The number of benzene rings is 2. The predicted molar refractivity (Wildman–Crippen MR) is 156 cm³/mol. The Kier molecular flexibility index (Phi) is 12.0. The van der Waals surface area contributed by atoms with Crippen LogP contribution in [0, 0.1) is 5.92 Å². The van der Waals surface area contributed by atoms with Gasteiger partial charge >= 0.3 is 11.9 Å². The highest BCUT2D eigenvalue weighted by molar-refractivity contribution is 8.14. The van der Waals surface area contributed by atoms with E-state index in [1.54, 1.807) is 17.1 Å². The zero-order valence-electron chi connectivity index (χ0n) is 22.5. The standard InChI is InChI=1S/C15H19NO2S.C15H17NO2S/c2*1-3-11(2)14-16-13(10-19-14)15(17)18-9-12-7-5-4-6-8-12/h4-8,11,13H,3,9-10H2,1-2H3;4-8,10-11H,3,9H2,1-2H3/t11-,13?;11-/m11/s1. The summed E-state index contributed by atoms with van der Waals surface area (Å²) in [5.41, 5.74) is 2.40. The highest BCUT2D eigenvalue weighted by atomic mass is 32.2. The fraction of sp³-hybridized carbons (Fsp3) is 0.400. The molecule has 1 aliphatic heterocycles. The van der Waals surface area contributed by atoms with Gasteiger partial charge in [-0.05, 0) is 24.0 Å². The van der Waals surface area contributed by atoms with Crippen molar-refractivity contribution in [2.24, 2.45) is 10.9 Å². The summed E-state index contributed by atoms with van der Waals surface area (Å²) in [6, 6.07) is 19.0. The molecule has 0 bridgehead atoms. The Balaban J connectivity index is 0.000000211. The molecule has 0 radical (unpaired) electrons. The minimum atomic E-state index is -0.352. The summed E-state index contributed by atoms with van der Waals surface area (Å²) < 4.78 is 10.6. The Bertz CT molecular complexity index is 1180. The number of aromatic nitrogens is 1. The molecule has 0 amide bonds. The second kappa shape index (κ2) is 15.4. The number of thioether (sulfide) groups is 1. The Morgan fingerprint density at radius 2 is 1.47 bits per heavy atom. The van der Waals surface area contributed by atoms with Gasteiger partial charge in [-0.1, -0.05) is 88.4 Å². The van der Waals surface area contributed by atoms with E-state index >= 15 is 0 Å². The fourth-order valence-electron chi connectivity index (χ4n) is 3.36. The molecule has 0 aliphatic carbocycles. The predicted octanol–water partition coefficient (Wildman–Crippen LogP) is 7.30. The largest absolute Gasteiger partial charge is 0.459 e. The van der Waals surface area contributed by atoms with E-state index in [9.17, 15) is 9.59 Å². The van der Waals surface area contributed by atoms with E-state index < -0.39 is 0 Å². The van der Waals surface area contributed by atoms with Crippen LogP contribution < -0.4 is 0 Å². The van der Waals surface area contributed by atoms with E-state index in [0.29, 0.717) is 29.9 Å². The number of nitrogens with zero attached hydrogens (tertiary/aromatic N) is 2. The second-order valence-electron chi connectivity index (χ2n) is 9.14. The van der Waals surface area contributed by atoms with Crippen LogP contribution in [0.4, 0.5) is 0 Å². The summed E-state index contributed by atoms with van der Waals surface area (Å²) in [5.74, 6) is 0.981. The molecule has 0 N–H and O–H groups in total. The first-order valence-corrected chi connectivity index (χ1v) is 14.8. The Labute approximate surface area is 233 Å². The minimum absolute atomic E-state index is 0.213. The summed E-state index contributed by atoms with van der Waals surface area (Å²) in [4.78, 5) is 32.6. The second-order valence-corrected chi connectivity index (χ2v) is 11.1. The van der Waals surface area contributed by atoms with Crippen LogP contribution in [0.1, 0.15) is 73.1 Å². The van der Waals surface area contributed by atoms with E-state index in [2.05, 4.69) is 37.7 Å². The minimum Gasteiger partial charge on any atom is -0.459 e. The van der Waals surface area contributed by atoms with Crippen LogP contribution >= 0.6 is 23.1 Å². The molecule has 8 heteroatoms. The van der Waals surface area contributed by atoms with E-state index in [1.807, 2.05) is 60.7 Å². The van der Waals surface area contributed by atoms with Crippen LogP contribution in [0.3, 0.4) is 0 Å². The third kappa shape index (κ3) is 9.10. The zero-order valence-corrected chi connectivity index (χ0v) is 24.1. The van der Waals surface area contributed by atoms with Gasteiger partial charge in [0.1, 0.15) is 13.2 Å². The molecule has 202 valence electrons. The Morgan fingerprint density at radius 1 is 0.895 bits per heavy atom. The van der Waals surface area contributed by atoms with Crippen molar-refractivity contribution in [3.63, 3.8) is 0 Å². The third-order valence-corrected chi connectivity index (χ3v) is 8.54. The highest BCUT2D eigenvalue weighted by Gasteiger charge is 2.28. The highest BCUT2D eigenvalue weighted by Crippen LogP contribution is 2.26. The monoisotopic (exact) mass is 552 g/mol. The van der Waals surface area contributed by atoms with Gasteiger partial charge in [0.15, 0.2) is 11.7 Å². The lowest BCUT2D eigenvalue weighted by molar-refractivity contribution is -0.145. The zero-order chi connectivity index (χ0) is 27.3. The molecular weight excluding hydrogens is 516 g/mol. The van der Waals surface area contributed by atoms with Crippen molar-refractivity contribution >= 4 is 40.1 Å². The SMILES string of the molecule is CC[C@@H](C)C1=NC(C(=O)OCc2ccccc2)CS1.CC[C@@H](C)c1nc(C(=O)OCc2ccccc2)cs1. The van der Waals surface area contributed by atoms with E-state index in [4.69, 9.17) is 9.47 Å². The molecule has 6 nitrogen and oxygen atoms in total. The van der Waals surface area contributed by atoms with Gasteiger partial charge in [0.05, 0.1) is 10.1 Å². The molecule has 4 rings (SSSR count). The molecule has 1 aliphatic rings. The molecule has 3 atom stereocenters. The van der Waals surface area contributed by atoms with Crippen LogP contribution in [0.25, 0.3) is 0 Å². The number of ether oxygens (including phenoxy) is 2. The van der Waals surface area contributed by atoms with Crippen LogP contribution in [0.15, 0.2) is 71.0 Å². The van der Waals surface area contributed by atoms with Gasteiger partial charge in [0.25, 0.3) is 0 Å². The van der Waals surface area contributed by atoms with Gasteiger partial charge in [-0.25, -0.2) is 14.6 Å². The summed E-state index contributed by atoms with van der Waals surface area (Å²) >= 11 is 3.20. The lowest BCUT2D eigenvalue weighted by Gasteiger charge is -2.07. The number of carbonyl (C=O) groups is 2. The molecular formula is C30H36N2O4S2. The number of aliphatic imine (C=N–C) groups is 1. The molecule has 3 aromatic rings. The normalized spacial score (nSPS) is 16.0. The van der Waals surface area contributed by atoms with Gasteiger partial charge in [0.2, 0.25) is 0 Å². The van der Waals surface area contributed by atoms with Crippen molar-refractivity contribution in [3.05, 3.63) is 87.9 Å². The average molecular weight is 553 g/mol. The van der Waals surface area contributed by atoms with Crippen molar-refractivity contribution in [1.29, 1.82) is 0 Å². The van der Waals surface area contributed by atoms with Gasteiger partial charge in [-0.2, -0.15) is 0 Å². The Hall–Kier alpha value is -2.97. The first-order valence-electron chi connectivity index (χ1n) is 13.0. The average Bonchev–Trinajstić information content (AvgIpc) is 3.66. The number of esters is 2. The molecule has 0 saturated carbocycles. The lowest BCUT2D eigenvalue weighted by Crippen LogP contribution is -2.21. The van der Waals surface area contributed by atoms with E-state index in [1.165, 1.54) is 11.3 Å². The first-order chi connectivity index (χ1) is 18.4. The summed E-state index contributed by atoms with van der Waals surface area (Å²) in [7, 11) is 0. The third-order valence-electron chi connectivity index (χ3n) is 6.18. The fourth-order valence-corrected chi connectivity index (χ4v) is 5.49. The summed E-state index contributed by atoms with van der Waals surface area (Å²) in [6.45, 7) is 9.11. The van der Waals surface area contributed by atoms with Gasteiger partial charge in [-0.15, -0.1) is 23.1 Å². The van der Waals surface area contributed by atoms with E-state index in [0.717, 1.165) is 34.0 Å². The van der Waals surface area contributed by atoms with Gasteiger partial charge < -0.3 is 9.47 Å². The molecule has 1 aromatic heterocycles. The molecule has 2 aromatic carbocycles. The van der Waals surface area contributed by atoms with Crippen molar-refractivity contribution in [3.8, 4) is 0 Å². The molecule has 0 saturated heterocycles. The maximum atomic E-state index is 11.9. The smallest absolute Gasteiger partial charge is 0.358 e. The number of hydrogen-bond acceptors (Lipinski definition) is 8. The molecule has 2 heterocycles. The van der Waals surface area contributed by atoms with Crippen molar-refractivity contribution in [2.45, 2.75) is 65.7 Å². The quantitative estimate of drug-likeness (QED) is 0.246. The first kappa shape index (κ1) is 29.6. The lowest BCUT2D eigenvalue weighted by atomic mass is 10.1. The van der Waals surface area contributed by atoms with Crippen molar-refractivity contribution in [2.75, 3.05) is 5.75 Å². The van der Waals surface area contributed by atoms with Crippen LogP contribution in [0.5, 0.6) is 0 Å². The number of carbonyl (C=O) groups excluding carboxylic acids is 2.